The number of primary amides is 1. The Morgan fingerprint density at radius 2 is 2.00 bits per heavy atom. The second kappa shape index (κ2) is 5.34. The summed E-state index contributed by atoms with van der Waals surface area (Å²) in [6, 6.07) is -0.635. The number of nitrogens with two attached hydrogens (primary N) is 1. The van der Waals surface area contributed by atoms with E-state index in [1.807, 2.05) is 0 Å². The first-order valence-corrected chi connectivity index (χ1v) is 5.04. The molecule has 1 saturated carbocycles. The molecule has 0 unspecified atom stereocenters. The smallest absolute Gasteiger partial charge is 0.315 e. The molecule has 0 radical (unpaired) electrons. The van der Waals surface area contributed by atoms with Gasteiger partial charge in [0.25, 0.3) is 0 Å². The monoisotopic (exact) mass is 229 g/mol. The van der Waals surface area contributed by atoms with Crippen LogP contribution in [0, 0.1) is 5.92 Å². The van der Waals surface area contributed by atoms with E-state index in [2.05, 4.69) is 10.6 Å². The Balaban J connectivity index is 2.26. The van der Waals surface area contributed by atoms with Crippen molar-refractivity contribution in [1.82, 2.24) is 10.6 Å². The van der Waals surface area contributed by atoms with Crippen LogP contribution >= 0.6 is 0 Å². The minimum absolute atomic E-state index is 0.144. The average Bonchev–Trinajstić information content (AvgIpc) is 2.63. The highest BCUT2D eigenvalue weighted by molar-refractivity contribution is 5.82. The van der Waals surface area contributed by atoms with Gasteiger partial charge in [-0.3, -0.25) is 9.59 Å². The van der Waals surface area contributed by atoms with E-state index in [0.29, 0.717) is 19.3 Å². The summed E-state index contributed by atoms with van der Waals surface area (Å²) in [5.74, 6) is -1.84. The summed E-state index contributed by atoms with van der Waals surface area (Å²) in [5, 5.41) is 13.6. The maximum absolute atomic E-state index is 11.2. The van der Waals surface area contributed by atoms with E-state index in [0.717, 1.165) is 0 Å². The molecule has 1 rings (SSSR count). The summed E-state index contributed by atoms with van der Waals surface area (Å²) in [4.78, 5) is 32.2. The molecule has 3 amide bonds. The fraction of sp³-hybridized carbons (Fsp3) is 0.667. The third-order valence-electron chi connectivity index (χ3n) is 2.54. The number of carbonyl (C=O) groups is 3. The number of carbonyl (C=O) groups excluding carboxylic acids is 2. The van der Waals surface area contributed by atoms with Crippen LogP contribution in [0.5, 0.6) is 0 Å². The van der Waals surface area contributed by atoms with Crippen molar-refractivity contribution in [1.29, 1.82) is 0 Å². The lowest BCUT2D eigenvalue weighted by atomic mass is 10.1. The molecule has 0 aromatic heterocycles. The molecule has 90 valence electrons. The molecule has 2 atom stereocenters. The van der Waals surface area contributed by atoms with Crippen LogP contribution in [0.4, 0.5) is 4.79 Å². The van der Waals surface area contributed by atoms with Crippen molar-refractivity contribution < 1.29 is 19.5 Å². The van der Waals surface area contributed by atoms with E-state index in [-0.39, 0.29) is 18.5 Å². The highest BCUT2D eigenvalue weighted by Gasteiger charge is 2.30. The van der Waals surface area contributed by atoms with Gasteiger partial charge in [-0.15, -0.1) is 0 Å². The van der Waals surface area contributed by atoms with Crippen LogP contribution in [0.15, 0.2) is 0 Å². The zero-order chi connectivity index (χ0) is 12.1. The van der Waals surface area contributed by atoms with Crippen molar-refractivity contribution in [2.24, 2.45) is 11.7 Å². The molecule has 1 aliphatic rings. The number of aliphatic carboxylic acids is 1. The van der Waals surface area contributed by atoms with Crippen molar-refractivity contribution in [3.63, 3.8) is 0 Å². The molecule has 0 heterocycles. The predicted octanol–water partition coefficient (Wildman–Crippen LogP) is -0.976. The number of carboxylic acids is 1. The third-order valence-corrected chi connectivity index (χ3v) is 2.54. The predicted molar refractivity (Wildman–Crippen MR) is 54.5 cm³/mol. The topological polar surface area (TPSA) is 122 Å². The Morgan fingerprint density at radius 3 is 2.50 bits per heavy atom. The molecule has 0 spiro atoms. The van der Waals surface area contributed by atoms with E-state index < -0.39 is 17.9 Å². The van der Waals surface area contributed by atoms with Crippen molar-refractivity contribution in [3.8, 4) is 0 Å². The van der Waals surface area contributed by atoms with Gasteiger partial charge < -0.3 is 21.5 Å². The van der Waals surface area contributed by atoms with Crippen LogP contribution in [0.1, 0.15) is 19.3 Å². The molecule has 5 N–H and O–H groups in total. The zero-order valence-corrected chi connectivity index (χ0v) is 8.73. The molecule has 0 aliphatic heterocycles. The van der Waals surface area contributed by atoms with Crippen molar-refractivity contribution >= 4 is 17.9 Å². The molecule has 16 heavy (non-hydrogen) atoms. The van der Waals surface area contributed by atoms with E-state index in [1.165, 1.54) is 0 Å². The summed E-state index contributed by atoms with van der Waals surface area (Å²) in [6.07, 6.45) is 1.64. The Hall–Kier alpha value is -1.79. The number of amides is 3. The van der Waals surface area contributed by atoms with Gasteiger partial charge in [-0.1, -0.05) is 0 Å². The van der Waals surface area contributed by atoms with Gasteiger partial charge in [0.1, 0.15) is 0 Å². The quantitative estimate of drug-likeness (QED) is 0.495. The van der Waals surface area contributed by atoms with E-state index in [9.17, 15) is 14.4 Å². The fourth-order valence-electron chi connectivity index (χ4n) is 1.74. The van der Waals surface area contributed by atoms with Crippen LogP contribution in [-0.2, 0) is 9.59 Å². The minimum atomic E-state index is -0.832. The zero-order valence-electron chi connectivity index (χ0n) is 8.73. The van der Waals surface area contributed by atoms with Gasteiger partial charge in [0.15, 0.2) is 0 Å². The fourth-order valence-corrected chi connectivity index (χ4v) is 1.74. The maximum atomic E-state index is 11.2. The SMILES string of the molecule is NC(=O)CNC(=O)N[C@H]1CC[C@@H](C(=O)O)C1. The highest BCUT2D eigenvalue weighted by atomic mass is 16.4. The molecule has 7 heteroatoms. The summed E-state index contributed by atoms with van der Waals surface area (Å²) >= 11 is 0. The van der Waals surface area contributed by atoms with Crippen LogP contribution in [-0.4, -0.2) is 35.6 Å². The largest absolute Gasteiger partial charge is 0.481 e. The van der Waals surface area contributed by atoms with Gasteiger partial charge in [0.2, 0.25) is 5.91 Å². The highest BCUT2D eigenvalue weighted by Crippen LogP contribution is 2.25. The summed E-state index contributed by atoms with van der Waals surface area (Å²) in [6.45, 7) is -0.221. The number of carboxylic acid groups (broad SMARTS) is 1. The van der Waals surface area contributed by atoms with Gasteiger partial charge in [-0.05, 0) is 19.3 Å². The molecule has 7 nitrogen and oxygen atoms in total. The van der Waals surface area contributed by atoms with Crippen LogP contribution in [0.3, 0.4) is 0 Å². The van der Waals surface area contributed by atoms with Crippen LogP contribution in [0.2, 0.25) is 0 Å². The van der Waals surface area contributed by atoms with Gasteiger partial charge >= 0.3 is 12.0 Å². The number of urea groups is 1. The van der Waals surface area contributed by atoms with Gasteiger partial charge in [-0.2, -0.15) is 0 Å². The van der Waals surface area contributed by atoms with Crippen molar-refractivity contribution in [3.05, 3.63) is 0 Å². The Labute approximate surface area is 92.4 Å². The van der Waals surface area contributed by atoms with Crippen molar-refractivity contribution in [2.45, 2.75) is 25.3 Å². The normalized spacial score (nSPS) is 23.8. The number of hydrogen-bond donors (Lipinski definition) is 4. The number of nitrogens with one attached hydrogen (secondary N) is 2. The molecule has 0 saturated heterocycles. The standard InChI is InChI=1S/C9H15N3O4/c10-7(13)4-11-9(16)12-6-2-1-5(3-6)8(14)15/h5-6H,1-4H2,(H2,10,13)(H,14,15)(H2,11,12,16)/t5-,6+/m1/s1. The minimum Gasteiger partial charge on any atom is -0.481 e. The molecule has 0 bridgehead atoms. The van der Waals surface area contributed by atoms with Crippen LogP contribution < -0.4 is 16.4 Å². The number of rotatable bonds is 4. The molecular formula is C9H15N3O4. The van der Waals surface area contributed by atoms with Crippen LogP contribution in [0.25, 0.3) is 0 Å². The maximum Gasteiger partial charge on any atom is 0.315 e. The number of hydrogen-bond acceptors (Lipinski definition) is 3. The third kappa shape index (κ3) is 3.76. The summed E-state index contributed by atoms with van der Waals surface area (Å²) in [5.41, 5.74) is 4.85. The lowest BCUT2D eigenvalue weighted by molar-refractivity contribution is -0.141. The van der Waals surface area contributed by atoms with Crippen molar-refractivity contribution in [2.75, 3.05) is 6.54 Å². The molecule has 0 aromatic rings. The summed E-state index contributed by atoms with van der Waals surface area (Å²) in [7, 11) is 0. The first-order chi connectivity index (χ1) is 7.49. The Kier molecular flexibility index (Phi) is 4.10. The lowest BCUT2D eigenvalue weighted by Crippen LogP contribution is -2.44. The second-order valence-corrected chi connectivity index (χ2v) is 3.84. The first kappa shape index (κ1) is 12.3. The molecule has 0 aromatic carbocycles. The van der Waals surface area contributed by atoms with Gasteiger partial charge in [0, 0.05) is 6.04 Å². The average molecular weight is 229 g/mol. The van der Waals surface area contributed by atoms with E-state index >= 15 is 0 Å². The second-order valence-electron chi connectivity index (χ2n) is 3.84. The lowest BCUT2D eigenvalue weighted by Gasteiger charge is -2.12. The molecular weight excluding hydrogens is 214 g/mol. The Morgan fingerprint density at radius 1 is 1.31 bits per heavy atom. The summed E-state index contributed by atoms with van der Waals surface area (Å²) < 4.78 is 0. The molecule has 1 fully saturated rings. The Bertz CT molecular complexity index is 305. The first-order valence-electron chi connectivity index (χ1n) is 5.04. The van der Waals surface area contributed by atoms with Gasteiger partial charge in [0.05, 0.1) is 12.5 Å². The van der Waals surface area contributed by atoms with E-state index in [4.69, 9.17) is 10.8 Å². The van der Waals surface area contributed by atoms with Gasteiger partial charge in [-0.25, -0.2) is 4.79 Å². The molecule has 1 aliphatic carbocycles. The van der Waals surface area contributed by atoms with E-state index in [1.54, 1.807) is 0 Å².